The second-order valence-electron chi connectivity index (χ2n) is 5.73. The van der Waals surface area contributed by atoms with Crippen molar-refractivity contribution < 1.29 is 22.8 Å². The fourth-order valence-electron chi connectivity index (χ4n) is 2.41. The molecule has 0 radical (unpaired) electrons. The molecule has 0 atom stereocenters. The van der Waals surface area contributed by atoms with Gasteiger partial charge in [-0.1, -0.05) is 36.1 Å². The molecule has 4 nitrogen and oxygen atoms in total. The Morgan fingerprint density at radius 2 is 2.04 bits per heavy atom. The van der Waals surface area contributed by atoms with E-state index in [1.807, 2.05) is 17.5 Å². The van der Waals surface area contributed by atoms with Gasteiger partial charge < -0.3 is 5.32 Å². The van der Waals surface area contributed by atoms with Crippen molar-refractivity contribution in [3.63, 3.8) is 0 Å². The molecule has 1 N–H and O–H groups in total. The Bertz CT molecular complexity index is 940. The quantitative estimate of drug-likeness (QED) is 0.523. The molecular formula is C18H13F3N2O2S3. The highest BCUT2D eigenvalue weighted by molar-refractivity contribution is 8.26. The molecule has 0 saturated carbocycles. The summed E-state index contributed by atoms with van der Waals surface area (Å²) in [5, 5.41) is 4.31. The third-order valence-corrected chi connectivity index (χ3v) is 5.92. The maximum Gasteiger partial charge on any atom is 0.416 e. The first-order valence-corrected chi connectivity index (χ1v) is 10.1. The van der Waals surface area contributed by atoms with Gasteiger partial charge in [-0.2, -0.15) is 13.2 Å². The van der Waals surface area contributed by atoms with Gasteiger partial charge in [0.1, 0.15) is 4.32 Å². The van der Waals surface area contributed by atoms with Gasteiger partial charge in [-0.3, -0.25) is 14.5 Å². The number of carbonyl (C=O) groups is 2. The lowest BCUT2D eigenvalue weighted by Crippen LogP contribution is -2.31. The van der Waals surface area contributed by atoms with Gasteiger partial charge in [-0.05, 0) is 35.7 Å². The first kappa shape index (κ1) is 20.6. The second-order valence-corrected chi connectivity index (χ2v) is 8.38. The molecule has 3 rings (SSSR count). The van der Waals surface area contributed by atoms with Crippen LogP contribution in [0.3, 0.4) is 0 Å². The van der Waals surface area contributed by atoms with Gasteiger partial charge in [0.2, 0.25) is 5.91 Å². The van der Waals surface area contributed by atoms with Gasteiger partial charge in [0.05, 0.1) is 10.5 Å². The number of carbonyl (C=O) groups excluding carboxylic acids is 2. The zero-order valence-corrected chi connectivity index (χ0v) is 16.6. The number of benzene rings is 1. The molecule has 2 aromatic rings. The highest BCUT2D eigenvalue weighted by atomic mass is 32.2. The van der Waals surface area contributed by atoms with Crippen molar-refractivity contribution in [1.82, 2.24) is 4.90 Å². The van der Waals surface area contributed by atoms with Crippen LogP contribution in [-0.4, -0.2) is 27.6 Å². The fraction of sp³-hybridized carbons (Fsp3) is 0.167. The van der Waals surface area contributed by atoms with Crippen LogP contribution in [0.5, 0.6) is 0 Å². The Balaban J connectivity index is 1.59. The van der Waals surface area contributed by atoms with Crippen molar-refractivity contribution in [2.45, 2.75) is 12.6 Å². The van der Waals surface area contributed by atoms with E-state index in [0.29, 0.717) is 9.23 Å². The van der Waals surface area contributed by atoms with Crippen molar-refractivity contribution >= 4 is 63.2 Å². The minimum atomic E-state index is -4.49. The lowest BCUT2D eigenvalue weighted by molar-refractivity contribution is -0.137. The minimum absolute atomic E-state index is 0.0443. The first-order chi connectivity index (χ1) is 13.2. The van der Waals surface area contributed by atoms with Gasteiger partial charge in [0.25, 0.3) is 5.91 Å². The normalized spacial score (nSPS) is 16.1. The average molecular weight is 443 g/mol. The van der Waals surface area contributed by atoms with Crippen LogP contribution >= 0.6 is 35.3 Å². The van der Waals surface area contributed by atoms with E-state index in [1.165, 1.54) is 28.4 Å². The summed E-state index contributed by atoms with van der Waals surface area (Å²) in [6.07, 6.45) is -2.83. The van der Waals surface area contributed by atoms with Gasteiger partial charge >= 0.3 is 6.18 Å². The van der Waals surface area contributed by atoms with Crippen LogP contribution < -0.4 is 5.32 Å². The Labute approximate surface area is 172 Å². The monoisotopic (exact) mass is 442 g/mol. The van der Waals surface area contributed by atoms with Gasteiger partial charge in [0, 0.05) is 23.5 Å². The zero-order chi connectivity index (χ0) is 20.3. The topological polar surface area (TPSA) is 49.4 Å². The minimum Gasteiger partial charge on any atom is -0.326 e. The third-order valence-electron chi connectivity index (χ3n) is 3.73. The highest BCUT2D eigenvalue weighted by Gasteiger charge is 2.32. The van der Waals surface area contributed by atoms with E-state index in [1.54, 1.807) is 6.08 Å². The molecule has 1 fully saturated rings. The number of halogens is 3. The van der Waals surface area contributed by atoms with Crippen LogP contribution in [0.2, 0.25) is 0 Å². The number of thiophene rings is 1. The summed E-state index contributed by atoms with van der Waals surface area (Å²) < 4.78 is 38.6. The van der Waals surface area contributed by atoms with E-state index in [2.05, 4.69) is 5.32 Å². The number of anilines is 1. The molecule has 1 aromatic carbocycles. The van der Waals surface area contributed by atoms with Crippen molar-refractivity contribution in [3.05, 3.63) is 57.1 Å². The van der Waals surface area contributed by atoms with E-state index in [0.717, 1.165) is 28.8 Å². The SMILES string of the molecule is O=C(CCN1C(=O)/C(=C/c2cccs2)SC1=S)Nc1cccc(C(F)(F)F)c1. The molecule has 0 unspecified atom stereocenters. The maximum absolute atomic E-state index is 12.7. The first-order valence-electron chi connectivity index (χ1n) is 8.00. The third kappa shape index (κ3) is 5.00. The van der Waals surface area contributed by atoms with Gasteiger partial charge in [-0.25, -0.2) is 0 Å². The highest BCUT2D eigenvalue weighted by Crippen LogP contribution is 2.33. The van der Waals surface area contributed by atoms with Crippen molar-refractivity contribution in [2.24, 2.45) is 0 Å². The molecule has 0 spiro atoms. The number of nitrogens with one attached hydrogen (secondary N) is 1. The smallest absolute Gasteiger partial charge is 0.326 e. The van der Waals surface area contributed by atoms with E-state index in [4.69, 9.17) is 12.2 Å². The number of rotatable bonds is 5. The van der Waals surface area contributed by atoms with Gasteiger partial charge in [0.15, 0.2) is 0 Å². The van der Waals surface area contributed by atoms with Crippen molar-refractivity contribution in [2.75, 3.05) is 11.9 Å². The predicted octanol–water partition coefficient (Wildman–Crippen LogP) is 5.00. The molecule has 2 heterocycles. The summed E-state index contributed by atoms with van der Waals surface area (Å²) in [5.41, 5.74) is -0.802. The van der Waals surface area contributed by atoms with Crippen LogP contribution in [0.4, 0.5) is 18.9 Å². The molecule has 10 heteroatoms. The molecule has 2 amide bonds. The van der Waals surface area contributed by atoms with Crippen LogP contribution in [0.25, 0.3) is 6.08 Å². The lowest BCUT2D eigenvalue weighted by atomic mass is 10.2. The largest absolute Gasteiger partial charge is 0.416 e. The summed E-state index contributed by atoms with van der Waals surface area (Å²) in [6.45, 7) is 0.0528. The van der Waals surface area contributed by atoms with E-state index >= 15 is 0 Å². The van der Waals surface area contributed by atoms with Crippen LogP contribution in [0, 0.1) is 0 Å². The Hall–Kier alpha value is -2.17. The van der Waals surface area contributed by atoms with E-state index < -0.39 is 17.6 Å². The second kappa shape index (κ2) is 8.46. The number of thiocarbonyl (C=S) groups is 1. The van der Waals surface area contributed by atoms with Crippen molar-refractivity contribution in [3.8, 4) is 0 Å². The van der Waals surface area contributed by atoms with Gasteiger partial charge in [-0.15, -0.1) is 11.3 Å². The van der Waals surface area contributed by atoms with E-state index in [9.17, 15) is 22.8 Å². The molecule has 1 saturated heterocycles. The zero-order valence-electron chi connectivity index (χ0n) is 14.2. The number of amides is 2. The summed E-state index contributed by atoms with van der Waals surface area (Å²) in [5.74, 6) is -0.786. The number of thioether (sulfide) groups is 1. The molecule has 28 heavy (non-hydrogen) atoms. The number of alkyl halides is 3. The molecule has 0 bridgehead atoms. The van der Waals surface area contributed by atoms with Crippen LogP contribution in [-0.2, 0) is 15.8 Å². The summed E-state index contributed by atoms with van der Waals surface area (Å²) in [4.78, 5) is 27.3. The molecule has 146 valence electrons. The van der Waals surface area contributed by atoms with Crippen LogP contribution in [0.1, 0.15) is 16.9 Å². The lowest BCUT2D eigenvalue weighted by Gasteiger charge is -2.14. The Morgan fingerprint density at radius 3 is 2.71 bits per heavy atom. The molecule has 1 aromatic heterocycles. The van der Waals surface area contributed by atoms with E-state index in [-0.39, 0.29) is 24.6 Å². The Morgan fingerprint density at radius 1 is 1.25 bits per heavy atom. The summed E-state index contributed by atoms with van der Waals surface area (Å²) >= 11 is 7.85. The summed E-state index contributed by atoms with van der Waals surface area (Å²) in [6, 6.07) is 8.12. The number of nitrogens with zero attached hydrogens (tertiary/aromatic N) is 1. The molecule has 0 aliphatic carbocycles. The Kier molecular flexibility index (Phi) is 6.21. The predicted molar refractivity (Wildman–Crippen MR) is 109 cm³/mol. The standard InChI is InChI=1S/C18H13F3N2O2S3/c19-18(20,21)11-3-1-4-12(9-11)22-15(24)6-7-23-16(25)14(28-17(23)26)10-13-5-2-8-27-13/h1-5,8-10H,6-7H2,(H,22,24)/b14-10-. The van der Waals surface area contributed by atoms with Crippen molar-refractivity contribution in [1.29, 1.82) is 0 Å². The maximum atomic E-state index is 12.7. The molecule has 1 aliphatic rings. The fourth-order valence-corrected chi connectivity index (χ4v) is 4.44. The number of hydrogen-bond acceptors (Lipinski definition) is 5. The summed E-state index contributed by atoms with van der Waals surface area (Å²) in [7, 11) is 0. The number of hydrogen-bond donors (Lipinski definition) is 1. The molecular weight excluding hydrogens is 429 g/mol. The molecule has 1 aliphatic heterocycles. The average Bonchev–Trinajstić information content (AvgIpc) is 3.22. The van der Waals surface area contributed by atoms with Crippen LogP contribution in [0.15, 0.2) is 46.7 Å².